The Balaban J connectivity index is 1.81. The van der Waals surface area contributed by atoms with Crippen LogP contribution in [0.5, 0.6) is 0 Å². The molecule has 1 heterocycles. The van der Waals surface area contributed by atoms with E-state index in [0.717, 1.165) is 22.3 Å². The molecule has 0 aliphatic heterocycles. The molecule has 3 aromatic rings. The molecule has 3 rings (SSSR count). The van der Waals surface area contributed by atoms with Gasteiger partial charge in [0.2, 0.25) is 5.91 Å². The van der Waals surface area contributed by atoms with Crippen molar-refractivity contribution in [3.63, 3.8) is 0 Å². The van der Waals surface area contributed by atoms with Gasteiger partial charge in [-0.25, -0.2) is 0 Å². The summed E-state index contributed by atoms with van der Waals surface area (Å²) in [6.07, 6.45) is 0.699. The lowest BCUT2D eigenvalue weighted by atomic mass is 10.0. The van der Waals surface area contributed by atoms with Gasteiger partial charge < -0.3 is 15.6 Å². The van der Waals surface area contributed by atoms with Gasteiger partial charge in [-0.1, -0.05) is 48.0 Å². The third-order valence-corrected chi connectivity index (χ3v) is 4.25. The number of anilines is 1. The van der Waals surface area contributed by atoms with Crippen LogP contribution in [-0.2, 0) is 11.2 Å². The Labute approximate surface area is 152 Å². The summed E-state index contributed by atoms with van der Waals surface area (Å²) in [5.41, 5.74) is 10.3. The van der Waals surface area contributed by atoms with Crippen LogP contribution in [0.15, 0.2) is 47.0 Å². The number of benzene rings is 2. The molecule has 2 aromatic carbocycles. The number of carbonyl (C=O) groups excluding carboxylic acids is 1. The second kappa shape index (κ2) is 7.49. The summed E-state index contributed by atoms with van der Waals surface area (Å²) < 4.78 is 5.27. The molecule has 6 nitrogen and oxygen atoms in total. The van der Waals surface area contributed by atoms with Crippen LogP contribution in [0.25, 0.3) is 11.5 Å². The molecule has 6 heteroatoms. The Morgan fingerprint density at radius 3 is 2.58 bits per heavy atom. The van der Waals surface area contributed by atoms with Crippen LogP contribution in [0.3, 0.4) is 0 Å². The van der Waals surface area contributed by atoms with Crippen molar-refractivity contribution in [1.29, 1.82) is 0 Å². The minimum absolute atomic E-state index is 0.270. The Bertz CT molecular complexity index is 916. The molecule has 0 aliphatic rings. The van der Waals surface area contributed by atoms with Crippen molar-refractivity contribution in [3.05, 3.63) is 65.0 Å². The van der Waals surface area contributed by atoms with Crippen LogP contribution < -0.4 is 11.1 Å². The maximum atomic E-state index is 12.6. The molecule has 0 saturated heterocycles. The number of nitrogens with two attached hydrogens (primary N) is 1. The molecule has 26 heavy (non-hydrogen) atoms. The Hall–Kier alpha value is -2.99. The molecule has 0 fully saturated rings. The van der Waals surface area contributed by atoms with Crippen molar-refractivity contribution in [2.45, 2.75) is 33.2 Å². The number of hydrogen-bond donors (Lipinski definition) is 2. The zero-order chi connectivity index (χ0) is 18.7. The van der Waals surface area contributed by atoms with Crippen LogP contribution in [0.1, 0.15) is 35.5 Å². The van der Waals surface area contributed by atoms with E-state index in [1.54, 1.807) is 0 Å². The van der Waals surface area contributed by atoms with E-state index in [2.05, 4.69) is 15.5 Å². The Morgan fingerprint density at radius 1 is 1.19 bits per heavy atom. The van der Waals surface area contributed by atoms with Crippen molar-refractivity contribution in [1.82, 2.24) is 10.1 Å². The highest BCUT2D eigenvalue weighted by atomic mass is 16.5. The van der Waals surface area contributed by atoms with Gasteiger partial charge in [-0.2, -0.15) is 4.98 Å². The smallest absolute Gasteiger partial charge is 0.257 e. The molecule has 0 bridgehead atoms. The van der Waals surface area contributed by atoms with Crippen LogP contribution in [0, 0.1) is 13.8 Å². The quantitative estimate of drug-likeness (QED) is 0.734. The van der Waals surface area contributed by atoms with Crippen molar-refractivity contribution < 1.29 is 9.32 Å². The van der Waals surface area contributed by atoms with Gasteiger partial charge >= 0.3 is 0 Å². The highest BCUT2D eigenvalue weighted by molar-refractivity contribution is 5.96. The zero-order valence-corrected chi connectivity index (χ0v) is 15.1. The first-order valence-corrected chi connectivity index (χ1v) is 8.54. The number of nitrogens with zero attached hydrogens (tertiary/aromatic N) is 2. The third-order valence-electron chi connectivity index (χ3n) is 4.25. The van der Waals surface area contributed by atoms with E-state index in [1.165, 1.54) is 0 Å². The van der Waals surface area contributed by atoms with Gasteiger partial charge in [-0.15, -0.1) is 0 Å². The molecule has 134 valence electrons. The van der Waals surface area contributed by atoms with E-state index >= 15 is 0 Å². The van der Waals surface area contributed by atoms with E-state index < -0.39 is 6.04 Å². The van der Waals surface area contributed by atoms with Gasteiger partial charge in [0.25, 0.3) is 5.89 Å². The van der Waals surface area contributed by atoms with Crippen LogP contribution in [0.4, 0.5) is 5.69 Å². The molecular weight excluding hydrogens is 328 g/mol. The SMILES string of the molecule is CCc1noc(-c2ccc(C)c(NC(=O)C(N)c3ccc(C)cc3)c2)n1. The molecule has 1 unspecified atom stereocenters. The molecular formula is C20H22N4O2. The lowest BCUT2D eigenvalue weighted by Crippen LogP contribution is -2.28. The number of hydrogen-bond acceptors (Lipinski definition) is 5. The molecule has 0 radical (unpaired) electrons. The Morgan fingerprint density at radius 2 is 1.92 bits per heavy atom. The predicted molar refractivity (Wildman–Crippen MR) is 101 cm³/mol. The molecule has 1 atom stereocenters. The zero-order valence-electron chi connectivity index (χ0n) is 15.1. The van der Waals surface area contributed by atoms with Gasteiger partial charge in [0.1, 0.15) is 6.04 Å². The fourth-order valence-corrected chi connectivity index (χ4v) is 2.54. The van der Waals surface area contributed by atoms with Crippen molar-refractivity contribution in [3.8, 4) is 11.5 Å². The van der Waals surface area contributed by atoms with Crippen molar-refractivity contribution >= 4 is 11.6 Å². The van der Waals surface area contributed by atoms with Crippen LogP contribution in [0.2, 0.25) is 0 Å². The average molecular weight is 350 g/mol. The maximum absolute atomic E-state index is 12.6. The molecule has 1 aromatic heterocycles. The Kier molecular flexibility index (Phi) is 5.14. The minimum atomic E-state index is -0.742. The first-order valence-electron chi connectivity index (χ1n) is 8.54. The topological polar surface area (TPSA) is 94.0 Å². The number of nitrogens with one attached hydrogen (secondary N) is 1. The molecule has 3 N–H and O–H groups in total. The fraction of sp³-hybridized carbons (Fsp3) is 0.250. The second-order valence-corrected chi connectivity index (χ2v) is 6.28. The first kappa shape index (κ1) is 17.8. The number of carbonyl (C=O) groups is 1. The van der Waals surface area contributed by atoms with Gasteiger partial charge in [-0.05, 0) is 37.1 Å². The highest BCUT2D eigenvalue weighted by Gasteiger charge is 2.17. The van der Waals surface area contributed by atoms with Crippen LogP contribution >= 0.6 is 0 Å². The summed E-state index contributed by atoms with van der Waals surface area (Å²) in [6.45, 7) is 5.87. The minimum Gasteiger partial charge on any atom is -0.334 e. The molecule has 0 spiro atoms. The lowest BCUT2D eigenvalue weighted by Gasteiger charge is -2.15. The summed E-state index contributed by atoms with van der Waals surface area (Å²) in [5, 5.41) is 6.81. The van der Waals surface area contributed by atoms with E-state index in [-0.39, 0.29) is 5.91 Å². The fourth-order valence-electron chi connectivity index (χ4n) is 2.54. The van der Waals surface area contributed by atoms with E-state index in [0.29, 0.717) is 23.8 Å². The highest BCUT2D eigenvalue weighted by Crippen LogP contribution is 2.25. The number of aryl methyl sites for hydroxylation is 3. The summed E-state index contributed by atoms with van der Waals surface area (Å²) in [4.78, 5) is 16.9. The van der Waals surface area contributed by atoms with Crippen molar-refractivity contribution in [2.75, 3.05) is 5.32 Å². The standard InChI is InChI=1S/C20H22N4O2/c1-4-17-23-20(26-24-17)15-10-7-13(3)16(11-15)22-19(25)18(21)14-8-5-12(2)6-9-14/h5-11,18H,4,21H2,1-3H3,(H,22,25). The lowest BCUT2D eigenvalue weighted by molar-refractivity contribution is -0.117. The summed E-state index contributed by atoms with van der Waals surface area (Å²) in [5.74, 6) is 0.807. The van der Waals surface area contributed by atoms with Gasteiger partial charge in [0.05, 0.1) is 0 Å². The number of amides is 1. The summed E-state index contributed by atoms with van der Waals surface area (Å²) in [7, 11) is 0. The van der Waals surface area contributed by atoms with Gasteiger partial charge in [0.15, 0.2) is 5.82 Å². The van der Waals surface area contributed by atoms with E-state index in [4.69, 9.17) is 10.3 Å². The third kappa shape index (κ3) is 3.81. The average Bonchev–Trinajstić information content (AvgIpc) is 3.12. The molecule has 0 saturated carbocycles. The monoisotopic (exact) mass is 350 g/mol. The summed E-state index contributed by atoms with van der Waals surface area (Å²) in [6, 6.07) is 12.5. The number of rotatable bonds is 5. The second-order valence-electron chi connectivity index (χ2n) is 6.28. The van der Waals surface area contributed by atoms with Gasteiger partial charge in [0, 0.05) is 17.7 Å². The van der Waals surface area contributed by atoms with Crippen molar-refractivity contribution in [2.24, 2.45) is 5.73 Å². The summed E-state index contributed by atoms with van der Waals surface area (Å²) >= 11 is 0. The largest absolute Gasteiger partial charge is 0.334 e. The van der Waals surface area contributed by atoms with Crippen LogP contribution in [-0.4, -0.2) is 16.0 Å². The first-order chi connectivity index (χ1) is 12.5. The van der Waals surface area contributed by atoms with E-state index in [1.807, 2.05) is 63.2 Å². The van der Waals surface area contributed by atoms with Gasteiger partial charge in [-0.3, -0.25) is 4.79 Å². The molecule has 1 amide bonds. The number of aromatic nitrogens is 2. The normalized spacial score (nSPS) is 12.0. The maximum Gasteiger partial charge on any atom is 0.257 e. The molecule has 0 aliphatic carbocycles. The van der Waals surface area contributed by atoms with E-state index in [9.17, 15) is 4.79 Å². The predicted octanol–water partition coefficient (Wildman–Crippen LogP) is 3.55.